The summed E-state index contributed by atoms with van der Waals surface area (Å²) in [7, 11) is 4.16. The van der Waals surface area contributed by atoms with Crippen LogP contribution in [0.15, 0.2) is 42.9 Å². The Bertz CT molecular complexity index is 680. The molecule has 0 bridgehead atoms. The van der Waals surface area contributed by atoms with Crippen LogP contribution in [0.5, 0.6) is 0 Å². The average Bonchev–Trinajstić information content (AvgIpc) is 3.00. The molecule has 0 atom stereocenters. The first-order valence-electron chi connectivity index (χ1n) is 6.44. The number of H-pyrrole nitrogens is 1. The van der Waals surface area contributed by atoms with Gasteiger partial charge in [0.15, 0.2) is 0 Å². The van der Waals surface area contributed by atoms with Gasteiger partial charge < -0.3 is 9.55 Å². The predicted octanol–water partition coefficient (Wildman–Crippen LogP) is 2.53. The molecule has 0 aliphatic rings. The van der Waals surface area contributed by atoms with E-state index in [0.29, 0.717) is 0 Å². The number of imidazole rings is 1. The first kappa shape index (κ1) is 12.0. The van der Waals surface area contributed by atoms with Crippen LogP contribution in [0.25, 0.3) is 10.9 Å². The molecule has 19 heavy (non-hydrogen) atoms. The van der Waals surface area contributed by atoms with Gasteiger partial charge in [-0.1, -0.05) is 12.1 Å². The molecular weight excluding hydrogens is 236 g/mol. The van der Waals surface area contributed by atoms with Crippen molar-refractivity contribution < 1.29 is 0 Å². The quantitative estimate of drug-likeness (QED) is 0.776. The molecule has 2 aromatic heterocycles. The van der Waals surface area contributed by atoms with E-state index < -0.39 is 0 Å². The van der Waals surface area contributed by atoms with Gasteiger partial charge >= 0.3 is 0 Å². The molecule has 0 saturated heterocycles. The van der Waals surface area contributed by atoms with Crippen molar-refractivity contribution in [1.29, 1.82) is 0 Å². The van der Waals surface area contributed by atoms with Crippen molar-refractivity contribution in [3.63, 3.8) is 0 Å². The SMILES string of the molecule is CN(Cc1cccc2[nH]ccc12)Cc1nccn1C. The van der Waals surface area contributed by atoms with E-state index in [1.54, 1.807) is 0 Å². The number of aryl methyl sites for hydroxylation is 1. The molecule has 2 heterocycles. The number of aromatic nitrogens is 3. The normalized spacial score (nSPS) is 11.5. The highest BCUT2D eigenvalue weighted by molar-refractivity contribution is 5.82. The topological polar surface area (TPSA) is 36.9 Å². The molecule has 1 aromatic carbocycles. The third kappa shape index (κ3) is 2.39. The molecule has 0 aliphatic heterocycles. The molecule has 1 N–H and O–H groups in total. The van der Waals surface area contributed by atoms with Gasteiger partial charge in [-0.3, -0.25) is 4.90 Å². The standard InChI is InChI=1S/C15H18N4/c1-18(11-15-17-8-9-19(15)2)10-12-4-3-5-14-13(12)6-7-16-14/h3-9,16H,10-11H2,1-2H3. The van der Waals surface area contributed by atoms with E-state index in [1.165, 1.54) is 16.5 Å². The maximum absolute atomic E-state index is 4.36. The molecular formula is C15H18N4. The van der Waals surface area contributed by atoms with Crippen LogP contribution < -0.4 is 0 Å². The maximum atomic E-state index is 4.36. The van der Waals surface area contributed by atoms with Crippen molar-refractivity contribution >= 4 is 10.9 Å². The van der Waals surface area contributed by atoms with E-state index in [9.17, 15) is 0 Å². The molecule has 0 fully saturated rings. The maximum Gasteiger partial charge on any atom is 0.122 e. The van der Waals surface area contributed by atoms with Gasteiger partial charge in [0.1, 0.15) is 5.82 Å². The Morgan fingerprint density at radius 1 is 1.26 bits per heavy atom. The summed E-state index contributed by atoms with van der Waals surface area (Å²) in [6.07, 6.45) is 5.82. The predicted molar refractivity (Wildman–Crippen MR) is 76.7 cm³/mol. The summed E-state index contributed by atoms with van der Waals surface area (Å²) in [6, 6.07) is 8.53. The summed E-state index contributed by atoms with van der Waals surface area (Å²) in [5, 5.41) is 1.30. The second-order valence-electron chi connectivity index (χ2n) is 4.98. The number of nitrogens with zero attached hydrogens (tertiary/aromatic N) is 3. The highest BCUT2D eigenvalue weighted by Gasteiger charge is 2.08. The van der Waals surface area contributed by atoms with E-state index in [-0.39, 0.29) is 0 Å². The Balaban J connectivity index is 1.77. The van der Waals surface area contributed by atoms with Crippen LogP contribution in [-0.4, -0.2) is 26.5 Å². The summed E-state index contributed by atoms with van der Waals surface area (Å²) in [6.45, 7) is 1.77. The third-order valence-corrected chi connectivity index (χ3v) is 3.46. The molecule has 0 saturated carbocycles. The third-order valence-electron chi connectivity index (χ3n) is 3.46. The lowest BCUT2D eigenvalue weighted by Crippen LogP contribution is -2.19. The van der Waals surface area contributed by atoms with Gasteiger partial charge in [0.05, 0.1) is 6.54 Å². The summed E-state index contributed by atoms with van der Waals surface area (Å²) in [5.74, 6) is 1.09. The van der Waals surface area contributed by atoms with Crippen molar-refractivity contribution in [2.45, 2.75) is 13.1 Å². The highest BCUT2D eigenvalue weighted by atomic mass is 15.1. The van der Waals surface area contributed by atoms with Crippen LogP contribution in [-0.2, 0) is 20.1 Å². The average molecular weight is 254 g/mol. The van der Waals surface area contributed by atoms with E-state index in [2.05, 4.69) is 50.7 Å². The van der Waals surface area contributed by atoms with E-state index in [0.717, 1.165) is 18.9 Å². The number of aromatic amines is 1. The van der Waals surface area contributed by atoms with Gasteiger partial charge in [0.2, 0.25) is 0 Å². The number of rotatable bonds is 4. The second-order valence-corrected chi connectivity index (χ2v) is 4.98. The summed E-state index contributed by atoms with van der Waals surface area (Å²) < 4.78 is 2.06. The highest BCUT2D eigenvalue weighted by Crippen LogP contribution is 2.19. The Hall–Kier alpha value is -2.07. The van der Waals surface area contributed by atoms with Crippen molar-refractivity contribution in [3.8, 4) is 0 Å². The minimum absolute atomic E-state index is 0.851. The fourth-order valence-electron chi connectivity index (χ4n) is 2.43. The van der Waals surface area contributed by atoms with Gasteiger partial charge in [0, 0.05) is 43.1 Å². The minimum atomic E-state index is 0.851. The molecule has 0 aliphatic carbocycles. The lowest BCUT2D eigenvalue weighted by molar-refractivity contribution is 0.308. The summed E-state index contributed by atoms with van der Waals surface area (Å²) in [5.41, 5.74) is 2.54. The zero-order valence-electron chi connectivity index (χ0n) is 11.3. The lowest BCUT2D eigenvalue weighted by Gasteiger charge is -2.17. The van der Waals surface area contributed by atoms with E-state index >= 15 is 0 Å². The second kappa shape index (κ2) is 4.90. The first-order valence-corrected chi connectivity index (χ1v) is 6.44. The number of fused-ring (bicyclic) bond motifs is 1. The van der Waals surface area contributed by atoms with Crippen molar-refractivity contribution in [2.75, 3.05) is 7.05 Å². The fraction of sp³-hybridized carbons (Fsp3) is 0.267. The molecule has 98 valence electrons. The molecule has 4 heteroatoms. The monoisotopic (exact) mass is 254 g/mol. The lowest BCUT2D eigenvalue weighted by atomic mass is 10.1. The van der Waals surface area contributed by atoms with Crippen LogP contribution in [0, 0.1) is 0 Å². The zero-order chi connectivity index (χ0) is 13.2. The molecule has 0 unspecified atom stereocenters. The van der Waals surface area contributed by atoms with Crippen molar-refractivity contribution in [1.82, 2.24) is 19.4 Å². The number of nitrogens with one attached hydrogen (secondary N) is 1. The van der Waals surface area contributed by atoms with Gasteiger partial charge in [0.25, 0.3) is 0 Å². The van der Waals surface area contributed by atoms with Crippen LogP contribution in [0.3, 0.4) is 0 Å². The largest absolute Gasteiger partial charge is 0.361 e. The zero-order valence-corrected chi connectivity index (χ0v) is 11.3. The molecule has 4 nitrogen and oxygen atoms in total. The van der Waals surface area contributed by atoms with Gasteiger partial charge in [-0.05, 0) is 24.7 Å². The first-order chi connectivity index (χ1) is 9.24. The summed E-state index contributed by atoms with van der Waals surface area (Å²) in [4.78, 5) is 9.90. The Morgan fingerprint density at radius 2 is 2.16 bits per heavy atom. The van der Waals surface area contributed by atoms with Crippen LogP contribution in [0.2, 0.25) is 0 Å². The van der Waals surface area contributed by atoms with E-state index in [1.807, 2.05) is 25.6 Å². The van der Waals surface area contributed by atoms with Crippen molar-refractivity contribution in [2.24, 2.45) is 7.05 Å². The number of hydrogen-bond donors (Lipinski definition) is 1. The molecule has 0 radical (unpaired) electrons. The Labute approximate surface area is 112 Å². The Morgan fingerprint density at radius 3 is 2.95 bits per heavy atom. The minimum Gasteiger partial charge on any atom is -0.361 e. The smallest absolute Gasteiger partial charge is 0.122 e. The molecule has 0 spiro atoms. The number of benzene rings is 1. The number of hydrogen-bond acceptors (Lipinski definition) is 2. The van der Waals surface area contributed by atoms with Gasteiger partial charge in [-0.25, -0.2) is 4.98 Å². The van der Waals surface area contributed by atoms with Crippen LogP contribution in [0.1, 0.15) is 11.4 Å². The van der Waals surface area contributed by atoms with E-state index in [4.69, 9.17) is 0 Å². The van der Waals surface area contributed by atoms with Crippen LogP contribution in [0.4, 0.5) is 0 Å². The molecule has 0 amide bonds. The molecule has 3 rings (SSSR count). The molecule has 3 aromatic rings. The summed E-state index contributed by atoms with van der Waals surface area (Å²) >= 11 is 0. The van der Waals surface area contributed by atoms with Crippen LogP contribution >= 0.6 is 0 Å². The fourth-order valence-corrected chi connectivity index (χ4v) is 2.43. The Kier molecular flexibility index (Phi) is 3.09. The van der Waals surface area contributed by atoms with Gasteiger partial charge in [-0.15, -0.1) is 0 Å². The van der Waals surface area contributed by atoms with Crippen molar-refractivity contribution in [3.05, 3.63) is 54.2 Å². The van der Waals surface area contributed by atoms with Gasteiger partial charge in [-0.2, -0.15) is 0 Å².